The third kappa shape index (κ3) is 3.44. The fourth-order valence-electron chi connectivity index (χ4n) is 13.8. The molecule has 1 aromatic carbocycles. The van der Waals surface area contributed by atoms with E-state index in [-0.39, 0.29) is 0 Å². The molecule has 0 amide bonds. The molecular formula is C37H52BN3O. The lowest BCUT2D eigenvalue weighted by Crippen LogP contribution is -2.77. The van der Waals surface area contributed by atoms with Crippen LogP contribution in [-0.2, 0) is 4.74 Å². The van der Waals surface area contributed by atoms with Gasteiger partial charge in [0.2, 0.25) is 0 Å². The van der Waals surface area contributed by atoms with Crippen LogP contribution in [-0.4, -0.2) is 64.9 Å². The van der Waals surface area contributed by atoms with Gasteiger partial charge >= 0.3 is 0 Å². The molecule has 4 aliphatic heterocycles. The molecule has 5 saturated carbocycles. The van der Waals surface area contributed by atoms with Crippen molar-refractivity contribution in [1.82, 2.24) is 9.80 Å². The van der Waals surface area contributed by atoms with E-state index in [1.54, 1.807) is 16.6 Å². The number of hydrogen-bond donors (Lipinski definition) is 0. The van der Waals surface area contributed by atoms with Gasteiger partial charge in [-0.05, 0) is 94.6 Å². The summed E-state index contributed by atoms with van der Waals surface area (Å²) in [5.41, 5.74) is 4.85. The maximum absolute atomic E-state index is 7.07. The SMILES string of the molecule is Cc1cccc(C)c1B1C2CC3OC4CCCCC4C3CC2N2C3=NC4CCCCC4N3C3CCCC4CCC1C2C43. The highest BCUT2D eigenvalue weighted by Crippen LogP contribution is 2.62. The minimum atomic E-state index is 0.496. The van der Waals surface area contributed by atoms with Crippen molar-refractivity contribution in [2.45, 2.75) is 164 Å². The molecule has 224 valence electrons. The van der Waals surface area contributed by atoms with E-state index in [0.717, 1.165) is 35.5 Å². The first kappa shape index (κ1) is 25.8. The van der Waals surface area contributed by atoms with Crippen molar-refractivity contribution in [3.05, 3.63) is 29.3 Å². The van der Waals surface area contributed by atoms with Crippen LogP contribution in [0.15, 0.2) is 23.2 Å². The second kappa shape index (κ2) is 9.51. The van der Waals surface area contributed by atoms with E-state index in [0.29, 0.717) is 48.9 Å². The van der Waals surface area contributed by atoms with Crippen molar-refractivity contribution in [3.63, 3.8) is 0 Å². The molecular weight excluding hydrogens is 513 g/mol. The van der Waals surface area contributed by atoms with Gasteiger partial charge < -0.3 is 14.5 Å². The standard InChI is InChI=1S/C37H52BN3O/c1-21-9-7-10-22(2)35(21)38-26-18-17-23-11-8-15-30-34(23)36(26)41(37-39-28-13-4-5-14-29(28)40(30)37)31-19-25-24-12-3-6-16-32(24)42-33(25)20-27(31)38/h7,9-10,23-34,36H,3-6,8,11-20H2,1-2H3. The van der Waals surface area contributed by atoms with Crippen LogP contribution >= 0.6 is 0 Å². The van der Waals surface area contributed by atoms with Crippen LogP contribution in [0, 0.1) is 37.5 Å². The summed E-state index contributed by atoms with van der Waals surface area (Å²) < 4.78 is 7.07. The molecule has 0 radical (unpaired) electrons. The highest BCUT2D eigenvalue weighted by atomic mass is 16.5. The van der Waals surface area contributed by atoms with Gasteiger partial charge in [-0.2, -0.15) is 0 Å². The molecule has 4 nitrogen and oxygen atoms in total. The van der Waals surface area contributed by atoms with E-state index >= 15 is 0 Å². The third-order valence-corrected chi connectivity index (χ3v) is 15.0. The lowest BCUT2D eigenvalue weighted by Gasteiger charge is -2.68. The molecule has 0 bridgehead atoms. The normalized spacial score (nSPS) is 48.4. The summed E-state index contributed by atoms with van der Waals surface area (Å²) in [5.74, 6) is 6.34. The first-order valence-electron chi connectivity index (χ1n) is 18.5. The van der Waals surface area contributed by atoms with Crippen molar-refractivity contribution < 1.29 is 4.74 Å². The number of guanidine groups is 1. The van der Waals surface area contributed by atoms with E-state index in [1.807, 2.05) is 0 Å². The number of hydrogen-bond acceptors (Lipinski definition) is 4. The van der Waals surface area contributed by atoms with Crippen LogP contribution in [0.5, 0.6) is 0 Å². The molecule has 0 aromatic heterocycles. The largest absolute Gasteiger partial charge is 0.374 e. The molecule has 5 aliphatic carbocycles. The zero-order valence-electron chi connectivity index (χ0n) is 26.2. The van der Waals surface area contributed by atoms with Crippen LogP contribution in [0.25, 0.3) is 0 Å². The van der Waals surface area contributed by atoms with Crippen LogP contribution in [0.4, 0.5) is 0 Å². The van der Waals surface area contributed by atoms with E-state index in [2.05, 4.69) is 41.8 Å². The molecule has 42 heavy (non-hydrogen) atoms. The number of aryl methyl sites for hydroxylation is 2. The molecule has 8 fully saturated rings. The third-order valence-electron chi connectivity index (χ3n) is 15.0. The van der Waals surface area contributed by atoms with Gasteiger partial charge in [0.05, 0.1) is 24.3 Å². The van der Waals surface area contributed by atoms with Crippen LogP contribution in [0.3, 0.4) is 0 Å². The number of benzene rings is 1. The minimum Gasteiger partial charge on any atom is -0.374 e. The van der Waals surface area contributed by atoms with Crippen molar-refractivity contribution in [2.24, 2.45) is 28.7 Å². The Morgan fingerprint density at radius 3 is 2.43 bits per heavy atom. The summed E-state index contributed by atoms with van der Waals surface area (Å²) in [6.45, 7) is 5.54. The smallest absolute Gasteiger partial charge is 0.198 e. The maximum atomic E-state index is 7.07. The minimum absolute atomic E-state index is 0.496. The molecule has 13 unspecified atom stereocenters. The van der Waals surface area contributed by atoms with E-state index < -0.39 is 0 Å². The van der Waals surface area contributed by atoms with Gasteiger partial charge in [0, 0.05) is 24.0 Å². The van der Waals surface area contributed by atoms with Crippen molar-refractivity contribution in [2.75, 3.05) is 0 Å². The summed E-state index contributed by atoms with van der Waals surface area (Å²) in [6.07, 6.45) is 22.0. The Morgan fingerprint density at radius 1 is 0.714 bits per heavy atom. The zero-order chi connectivity index (χ0) is 27.7. The van der Waals surface area contributed by atoms with Crippen molar-refractivity contribution in [1.29, 1.82) is 0 Å². The summed E-state index contributed by atoms with van der Waals surface area (Å²) >= 11 is 0. The van der Waals surface area contributed by atoms with E-state index in [9.17, 15) is 0 Å². The molecule has 0 spiro atoms. The molecule has 4 heterocycles. The molecule has 10 rings (SSSR count). The Hall–Kier alpha value is -1.49. The second-order valence-corrected chi connectivity index (χ2v) is 16.6. The average Bonchev–Trinajstić information content (AvgIpc) is 3.58. The Labute approximate surface area is 254 Å². The zero-order valence-corrected chi connectivity index (χ0v) is 26.2. The second-order valence-electron chi connectivity index (χ2n) is 16.6. The number of rotatable bonds is 1. The Bertz CT molecular complexity index is 1260. The van der Waals surface area contributed by atoms with Gasteiger partial charge in [-0.1, -0.05) is 79.7 Å². The van der Waals surface area contributed by atoms with Crippen molar-refractivity contribution >= 4 is 18.1 Å². The summed E-state index contributed by atoms with van der Waals surface area (Å²) in [5, 5.41) is 0. The number of fused-ring (bicyclic) bond motifs is 10. The van der Waals surface area contributed by atoms with Crippen molar-refractivity contribution in [3.8, 4) is 0 Å². The summed E-state index contributed by atoms with van der Waals surface area (Å²) in [7, 11) is 0. The highest BCUT2D eigenvalue weighted by Gasteiger charge is 2.66. The van der Waals surface area contributed by atoms with Crippen LogP contribution in [0.1, 0.15) is 107 Å². The summed E-state index contributed by atoms with van der Waals surface area (Å²) in [6, 6.07) is 10.5. The Kier molecular flexibility index (Phi) is 5.84. The topological polar surface area (TPSA) is 28.1 Å². The first-order valence-corrected chi connectivity index (χ1v) is 18.5. The number of ether oxygens (including phenoxy) is 1. The predicted octanol–water partition coefficient (Wildman–Crippen LogP) is 6.74. The first-order chi connectivity index (χ1) is 20.7. The molecule has 9 aliphatic rings. The molecule has 13 atom stereocenters. The van der Waals surface area contributed by atoms with Gasteiger partial charge in [0.1, 0.15) is 0 Å². The number of nitrogens with zero attached hydrogens (tertiary/aromatic N) is 3. The fourth-order valence-corrected chi connectivity index (χ4v) is 13.8. The maximum Gasteiger partial charge on any atom is 0.198 e. The van der Waals surface area contributed by atoms with E-state index in [4.69, 9.17) is 9.73 Å². The fraction of sp³-hybridized carbons (Fsp3) is 0.811. The van der Waals surface area contributed by atoms with Gasteiger partial charge in [0.15, 0.2) is 12.7 Å². The van der Waals surface area contributed by atoms with Crippen LogP contribution < -0.4 is 5.46 Å². The summed E-state index contributed by atoms with van der Waals surface area (Å²) in [4.78, 5) is 12.0. The molecule has 1 aromatic rings. The molecule has 5 heteroatoms. The van der Waals surface area contributed by atoms with E-state index in [1.165, 1.54) is 102 Å². The molecule has 0 N–H and O–H groups in total. The van der Waals surface area contributed by atoms with Gasteiger partial charge in [-0.3, -0.25) is 0 Å². The van der Waals surface area contributed by atoms with Gasteiger partial charge in [-0.25, -0.2) is 4.99 Å². The molecule has 3 saturated heterocycles. The average molecular weight is 566 g/mol. The monoisotopic (exact) mass is 565 g/mol. The highest BCUT2D eigenvalue weighted by molar-refractivity contribution is 6.77. The lowest BCUT2D eigenvalue weighted by molar-refractivity contribution is -0.0670. The Balaban J connectivity index is 1.14. The Morgan fingerprint density at radius 2 is 1.52 bits per heavy atom. The number of aliphatic imine (C=N–C) groups is 1. The lowest BCUT2D eigenvalue weighted by atomic mass is 9.22. The van der Waals surface area contributed by atoms with Gasteiger partial charge in [-0.15, -0.1) is 0 Å². The van der Waals surface area contributed by atoms with Gasteiger partial charge in [0.25, 0.3) is 0 Å². The predicted molar refractivity (Wildman–Crippen MR) is 171 cm³/mol. The quantitative estimate of drug-likeness (QED) is 0.353. The van der Waals surface area contributed by atoms with Crippen LogP contribution in [0.2, 0.25) is 11.6 Å².